The number of benzene rings is 1. The number of pyridine rings is 1. The van der Waals surface area contributed by atoms with Gasteiger partial charge < -0.3 is 22.1 Å². The minimum atomic E-state index is -0.103. The van der Waals surface area contributed by atoms with Crippen molar-refractivity contribution < 1.29 is 0 Å². The van der Waals surface area contributed by atoms with Crippen LogP contribution in [0.3, 0.4) is 0 Å². The van der Waals surface area contributed by atoms with Crippen LogP contribution in [0, 0.1) is 5.41 Å². The standard InChI is InChI=1S/C21H22N6/c1-14(26-16-6-4-2-3-5-7-16)27-17-10-8-15(9-11-17)18-12-13-25-21(24)19(18)20(22)23/h2,4-13,26-27H,1,3H2,(H3,22,23)(H2,24,25). The van der Waals surface area contributed by atoms with Crippen LogP contribution in [0.2, 0.25) is 0 Å². The van der Waals surface area contributed by atoms with Gasteiger partial charge >= 0.3 is 0 Å². The lowest BCUT2D eigenvalue weighted by atomic mass is 10.00. The van der Waals surface area contributed by atoms with Crippen LogP contribution in [0.25, 0.3) is 11.1 Å². The molecule has 27 heavy (non-hydrogen) atoms. The molecule has 0 radical (unpaired) electrons. The number of allylic oxidation sites excluding steroid dienone is 5. The molecule has 7 N–H and O–H groups in total. The molecule has 0 fully saturated rings. The van der Waals surface area contributed by atoms with E-state index < -0.39 is 0 Å². The van der Waals surface area contributed by atoms with E-state index >= 15 is 0 Å². The van der Waals surface area contributed by atoms with Crippen molar-refractivity contribution in [3.05, 3.63) is 90.6 Å². The van der Waals surface area contributed by atoms with Gasteiger partial charge in [-0.15, -0.1) is 0 Å². The Kier molecular flexibility index (Phi) is 5.37. The molecule has 0 unspecified atom stereocenters. The predicted octanol–water partition coefficient (Wildman–Crippen LogP) is 3.49. The molecule has 0 aliphatic heterocycles. The summed E-state index contributed by atoms with van der Waals surface area (Å²) in [5, 5.41) is 14.2. The van der Waals surface area contributed by atoms with Gasteiger partial charge in [0.15, 0.2) is 0 Å². The average molecular weight is 358 g/mol. The number of nitrogens with one attached hydrogen (secondary N) is 3. The highest BCUT2D eigenvalue weighted by molar-refractivity contribution is 6.05. The average Bonchev–Trinajstić information content (AvgIpc) is 2.90. The Bertz CT molecular complexity index is 951. The maximum atomic E-state index is 7.75. The molecule has 1 aliphatic rings. The smallest absolute Gasteiger partial charge is 0.134 e. The number of nitrogens with zero attached hydrogens (tertiary/aromatic N) is 1. The molecular formula is C21H22N6. The van der Waals surface area contributed by atoms with Crippen LogP contribution >= 0.6 is 0 Å². The molecule has 0 bridgehead atoms. The van der Waals surface area contributed by atoms with Gasteiger partial charge in [0.25, 0.3) is 0 Å². The molecule has 0 atom stereocenters. The largest absolute Gasteiger partial charge is 0.384 e. The molecule has 6 nitrogen and oxygen atoms in total. The zero-order valence-electron chi connectivity index (χ0n) is 14.9. The number of amidine groups is 1. The van der Waals surface area contributed by atoms with E-state index in [1.165, 1.54) is 0 Å². The summed E-state index contributed by atoms with van der Waals surface area (Å²) in [5.74, 6) is 0.819. The zero-order chi connectivity index (χ0) is 19.2. The molecule has 3 rings (SSSR count). The summed E-state index contributed by atoms with van der Waals surface area (Å²) in [6.45, 7) is 4.01. The van der Waals surface area contributed by atoms with E-state index in [-0.39, 0.29) is 11.7 Å². The summed E-state index contributed by atoms with van der Waals surface area (Å²) in [6, 6.07) is 9.53. The fraction of sp³-hybridized carbons (Fsp3) is 0.0476. The van der Waals surface area contributed by atoms with Crippen molar-refractivity contribution in [1.82, 2.24) is 10.3 Å². The molecule has 1 aromatic carbocycles. The molecule has 1 aliphatic carbocycles. The third kappa shape index (κ3) is 4.43. The minimum Gasteiger partial charge on any atom is -0.384 e. The number of rotatable bonds is 6. The fourth-order valence-electron chi connectivity index (χ4n) is 2.78. The van der Waals surface area contributed by atoms with E-state index in [4.69, 9.17) is 16.9 Å². The van der Waals surface area contributed by atoms with Crippen molar-refractivity contribution in [2.24, 2.45) is 5.73 Å². The van der Waals surface area contributed by atoms with Gasteiger partial charge in [0.1, 0.15) is 17.5 Å². The first-order valence-corrected chi connectivity index (χ1v) is 8.50. The van der Waals surface area contributed by atoms with Crippen molar-refractivity contribution >= 4 is 17.3 Å². The molecule has 2 aromatic rings. The lowest BCUT2D eigenvalue weighted by Gasteiger charge is -2.14. The Labute approximate surface area is 158 Å². The number of hydrogen-bond donors (Lipinski definition) is 5. The Hall–Kier alpha value is -3.80. The summed E-state index contributed by atoms with van der Waals surface area (Å²) < 4.78 is 0. The lowest BCUT2D eigenvalue weighted by Crippen LogP contribution is -2.17. The quantitative estimate of drug-likeness (QED) is 0.401. The summed E-state index contributed by atoms with van der Waals surface area (Å²) in [6.07, 6.45) is 12.7. The fourth-order valence-corrected chi connectivity index (χ4v) is 2.78. The molecule has 0 spiro atoms. The molecule has 1 aromatic heterocycles. The topological polar surface area (TPSA) is 113 Å². The van der Waals surface area contributed by atoms with Crippen molar-refractivity contribution in [2.75, 3.05) is 11.1 Å². The third-order valence-electron chi connectivity index (χ3n) is 4.02. The zero-order valence-corrected chi connectivity index (χ0v) is 14.9. The van der Waals surface area contributed by atoms with Crippen LogP contribution in [-0.2, 0) is 0 Å². The highest BCUT2D eigenvalue weighted by Crippen LogP contribution is 2.27. The first-order valence-electron chi connectivity index (χ1n) is 8.50. The van der Waals surface area contributed by atoms with Gasteiger partial charge in [-0.25, -0.2) is 4.98 Å². The Balaban J connectivity index is 1.74. The summed E-state index contributed by atoms with van der Waals surface area (Å²) in [7, 11) is 0. The van der Waals surface area contributed by atoms with Crippen molar-refractivity contribution in [1.29, 1.82) is 5.41 Å². The molecule has 0 saturated carbocycles. The monoisotopic (exact) mass is 358 g/mol. The maximum Gasteiger partial charge on any atom is 0.134 e. The van der Waals surface area contributed by atoms with Gasteiger partial charge in [0.05, 0.1) is 5.56 Å². The van der Waals surface area contributed by atoms with Crippen LogP contribution in [0.1, 0.15) is 12.0 Å². The van der Waals surface area contributed by atoms with Crippen LogP contribution in [0.4, 0.5) is 11.5 Å². The van der Waals surface area contributed by atoms with Gasteiger partial charge in [-0.3, -0.25) is 5.41 Å². The molecule has 0 amide bonds. The highest BCUT2D eigenvalue weighted by Gasteiger charge is 2.12. The second-order valence-corrected chi connectivity index (χ2v) is 6.03. The number of aromatic nitrogens is 1. The van der Waals surface area contributed by atoms with Gasteiger partial charge in [-0.1, -0.05) is 36.9 Å². The van der Waals surface area contributed by atoms with E-state index in [1.54, 1.807) is 12.3 Å². The highest BCUT2D eigenvalue weighted by atomic mass is 15.1. The van der Waals surface area contributed by atoms with E-state index in [9.17, 15) is 0 Å². The van der Waals surface area contributed by atoms with E-state index in [2.05, 4.69) is 34.3 Å². The van der Waals surface area contributed by atoms with Crippen LogP contribution in [0.15, 0.2) is 85.0 Å². The Morgan fingerprint density at radius 1 is 1.11 bits per heavy atom. The molecule has 0 saturated heterocycles. The van der Waals surface area contributed by atoms with E-state index in [1.807, 2.05) is 42.5 Å². The maximum absolute atomic E-state index is 7.75. The second kappa shape index (κ2) is 8.05. The van der Waals surface area contributed by atoms with Gasteiger partial charge in [-0.05, 0) is 47.9 Å². The Morgan fingerprint density at radius 2 is 1.89 bits per heavy atom. The van der Waals surface area contributed by atoms with Gasteiger partial charge in [0.2, 0.25) is 0 Å². The first-order chi connectivity index (χ1) is 13.0. The van der Waals surface area contributed by atoms with Crippen LogP contribution in [0.5, 0.6) is 0 Å². The molecule has 136 valence electrons. The number of anilines is 2. The SMILES string of the molecule is C=C(NC1=CC=CCC=C1)Nc1ccc(-c2ccnc(N)c2C(=N)N)cc1. The van der Waals surface area contributed by atoms with Crippen LogP contribution in [-0.4, -0.2) is 10.8 Å². The normalized spacial score (nSPS) is 12.8. The first kappa shape index (κ1) is 18.0. The summed E-state index contributed by atoms with van der Waals surface area (Å²) in [4.78, 5) is 4.01. The van der Waals surface area contributed by atoms with Gasteiger partial charge in [0, 0.05) is 17.6 Å². The Morgan fingerprint density at radius 3 is 2.63 bits per heavy atom. The lowest BCUT2D eigenvalue weighted by molar-refractivity contribution is 1.02. The van der Waals surface area contributed by atoms with Gasteiger partial charge in [-0.2, -0.15) is 0 Å². The molecule has 1 heterocycles. The number of nitrogen functional groups attached to an aromatic ring is 2. The second-order valence-electron chi connectivity index (χ2n) is 6.03. The molecule has 6 heteroatoms. The predicted molar refractivity (Wildman–Crippen MR) is 112 cm³/mol. The van der Waals surface area contributed by atoms with Crippen molar-refractivity contribution in [3.8, 4) is 11.1 Å². The number of hydrogen-bond acceptors (Lipinski definition) is 5. The third-order valence-corrected chi connectivity index (χ3v) is 4.02. The molecular weight excluding hydrogens is 336 g/mol. The summed E-state index contributed by atoms with van der Waals surface area (Å²) in [5.41, 5.74) is 15.5. The van der Waals surface area contributed by atoms with Crippen molar-refractivity contribution in [3.63, 3.8) is 0 Å². The van der Waals surface area contributed by atoms with Crippen LogP contribution < -0.4 is 22.1 Å². The van der Waals surface area contributed by atoms with Crippen molar-refractivity contribution in [2.45, 2.75) is 6.42 Å². The summed E-state index contributed by atoms with van der Waals surface area (Å²) >= 11 is 0. The minimum absolute atomic E-state index is 0.103. The number of nitrogens with two attached hydrogens (primary N) is 2. The van der Waals surface area contributed by atoms with E-state index in [0.717, 1.165) is 28.9 Å². The van der Waals surface area contributed by atoms with E-state index in [0.29, 0.717) is 11.4 Å².